The van der Waals surface area contributed by atoms with E-state index in [1.54, 1.807) is 14.0 Å². The number of rotatable bonds is 7. The molecule has 5 atom stereocenters. The van der Waals surface area contributed by atoms with Gasteiger partial charge in [0.15, 0.2) is 6.29 Å². The molecule has 0 spiro atoms. The summed E-state index contributed by atoms with van der Waals surface area (Å²) in [7, 11) is -1.24. The summed E-state index contributed by atoms with van der Waals surface area (Å²) in [6, 6.07) is 20.7. The van der Waals surface area contributed by atoms with Crippen LogP contribution in [-0.4, -0.2) is 63.6 Å². The van der Waals surface area contributed by atoms with Crippen LogP contribution in [0.2, 0.25) is 5.04 Å². The first-order valence-corrected chi connectivity index (χ1v) is 13.3. The summed E-state index contributed by atoms with van der Waals surface area (Å²) in [6.45, 7) is 12.1. The van der Waals surface area contributed by atoms with Crippen LogP contribution in [0.5, 0.6) is 0 Å². The van der Waals surface area contributed by atoms with Gasteiger partial charge in [0.1, 0.15) is 24.7 Å². The SMILES string of the molecule is [CH2+]C1(C)O[C@H]2O[C@](CO)(CO[Si](c3ccccc3)(c3ccccc3)C(C)(C)C)[C@@H](OC)[C@H]2O1. The molecular formula is C26H35O6Si+. The third-order valence-corrected chi connectivity index (χ3v) is 11.6. The van der Waals surface area contributed by atoms with Gasteiger partial charge in [0, 0.05) is 14.0 Å². The zero-order chi connectivity index (χ0) is 23.9. The third-order valence-electron chi connectivity index (χ3n) is 6.66. The van der Waals surface area contributed by atoms with Gasteiger partial charge in [-0.3, -0.25) is 4.74 Å². The van der Waals surface area contributed by atoms with Crippen LogP contribution in [0.25, 0.3) is 0 Å². The average molecular weight is 472 g/mol. The minimum atomic E-state index is -2.83. The molecule has 1 unspecified atom stereocenters. The first-order valence-electron chi connectivity index (χ1n) is 11.4. The molecule has 178 valence electrons. The Morgan fingerprint density at radius 1 is 0.970 bits per heavy atom. The van der Waals surface area contributed by atoms with Crippen molar-refractivity contribution in [2.45, 2.75) is 62.6 Å². The van der Waals surface area contributed by atoms with E-state index in [0.29, 0.717) is 0 Å². The van der Waals surface area contributed by atoms with Crippen LogP contribution in [0.3, 0.4) is 0 Å². The molecule has 4 rings (SSSR count). The largest absolute Gasteiger partial charge is 0.404 e. The maximum absolute atomic E-state index is 10.5. The van der Waals surface area contributed by atoms with Crippen molar-refractivity contribution < 1.29 is 28.5 Å². The number of benzene rings is 2. The van der Waals surface area contributed by atoms with Gasteiger partial charge in [-0.15, -0.1) is 0 Å². The minimum Gasteiger partial charge on any atom is -0.404 e. The molecule has 2 fully saturated rings. The molecule has 0 saturated carbocycles. The van der Waals surface area contributed by atoms with Gasteiger partial charge in [-0.25, -0.2) is 0 Å². The highest BCUT2D eigenvalue weighted by Crippen LogP contribution is 2.45. The van der Waals surface area contributed by atoms with Gasteiger partial charge >= 0.3 is 5.79 Å². The van der Waals surface area contributed by atoms with Crippen molar-refractivity contribution in [3.05, 3.63) is 67.6 Å². The van der Waals surface area contributed by atoms with Crippen molar-refractivity contribution >= 4 is 18.7 Å². The fourth-order valence-corrected chi connectivity index (χ4v) is 9.82. The lowest BCUT2D eigenvalue weighted by atomic mass is 9.97. The van der Waals surface area contributed by atoms with E-state index in [1.165, 1.54) is 0 Å². The van der Waals surface area contributed by atoms with E-state index in [9.17, 15) is 5.11 Å². The van der Waals surface area contributed by atoms with E-state index in [0.717, 1.165) is 10.4 Å². The molecule has 7 heteroatoms. The summed E-state index contributed by atoms with van der Waals surface area (Å²) in [5.41, 5.74) is -1.13. The summed E-state index contributed by atoms with van der Waals surface area (Å²) >= 11 is 0. The highest BCUT2D eigenvalue weighted by molar-refractivity contribution is 6.99. The van der Waals surface area contributed by atoms with E-state index in [1.807, 2.05) is 36.4 Å². The number of aliphatic hydroxyl groups excluding tert-OH is 1. The van der Waals surface area contributed by atoms with E-state index in [2.05, 4.69) is 52.0 Å². The molecule has 1 N–H and O–H groups in total. The van der Waals surface area contributed by atoms with Crippen LogP contribution < -0.4 is 10.4 Å². The number of aliphatic hydroxyl groups is 1. The summed E-state index contributed by atoms with van der Waals surface area (Å²) in [4.78, 5) is 0. The summed E-state index contributed by atoms with van der Waals surface area (Å²) < 4.78 is 30.9. The topological polar surface area (TPSA) is 66.4 Å². The normalized spacial score (nSPS) is 32.1. The minimum absolute atomic E-state index is 0.128. The average Bonchev–Trinajstić information content (AvgIpc) is 3.22. The van der Waals surface area contributed by atoms with Crippen molar-refractivity contribution in [2.75, 3.05) is 20.3 Å². The summed E-state index contributed by atoms with van der Waals surface area (Å²) in [5.74, 6) is -1.02. The van der Waals surface area contributed by atoms with Gasteiger partial charge in [-0.1, -0.05) is 81.4 Å². The van der Waals surface area contributed by atoms with Crippen LogP contribution in [0.1, 0.15) is 27.7 Å². The quantitative estimate of drug-likeness (QED) is 0.495. The molecule has 2 saturated heterocycles. The Bertz CT molecular complexity index is 889. The Hall–Kier alpha value is -1.71. The van der Waals surface area contributed by atoms with E-state index >= 15 is 0 Å². The molecule has 2 aromatic carbocycles. The Morgan fingerprint density at radius 3 is 1.97 bits per heavy atom. The number of fused-ring (bicyclic) bond motifs is 1. The molecule has 0 bridgehead atoms. The Labute approximate surface area is 197 Å². The predicted octanol–water partition coefficient (Wildman–Crippen LogP) is 2.63. The van der Waals surface area contributed by atoms with Gasteiger partial charge in [0.25, 0.3) is 8.32 Å². The van der Waals surface area contributed by atoms with E-state index in [-0.39, 0.29) is 18.3 Å². The molecule has 2 heterocycles. The molecule has 0 amide bonds. The lowest BCUT2D eigenvalue weighted by Gasteiger charge is -2.45. The molecule has 2 aliphatic heterocycles. The second-order valence-electron chi connectivity index (χ2n) is 10.2. The standard InChI is InChI=1S/C26H35O6Si/c1-24(2,3)33(19-13-9-7-10-14-19,20-15-11-8-12-16-20)29-18-26(17-27)22(28-6)21-23(32-26)31-25(4,5)30-21/h7-16,21-23,27H,4,17-18H2,1-3,5-6H3/q+1/t21-,22+,23+,25?,26-/m1/s1. The molecule has 33 heavy (non-hydrogen) atoms. The van der Waals surface area contributed by atoms with Gasteiger partial charge in [-0.2, -0.15) is 0 Å². The van der Waals surface area contributed by atoms with Crippen LogP contribution in [0.4, 0.5) is 0 Å². The highest BCUT2D eigenvalue weighted by atomic mass is 28.4. The van der Waals surface area contributed by atoms with Crippen molar-refractivity contribution in [1.29, 1.82) is 0 Å². The summed E-state index contributed by atoms with van der Waals surface area (Å²) in [6.07, 6.45) is -1.77. The number of methoxy groups -OCH3 is 1. The second-order valence-corrected chi connectivity index (χ2v) is 14.5. The zero-order valence-corrected chi connectivity index (χ0v) is 21.1. The van der Waals surface area contributed by atoms with Gasteiger partial charge in [0.05, 0.1) is 13.2 Å². The van der Waals surface area contributed by atoms with Crippen molar-refractivity contribution in [2.24, 2.45) is 0 Å². The molecule has 0 aromatic heterocycles. The highest BCUT2D eigenvalue weighted by Gasteiger charge is 2.65. The Morgan fingerprint density at radius 2 is 1.52 bits per heavy atom. The van der Waals surface area contributed by atoms with Crippen LogP contribution >= 0.6 is 0 Å². The number of ether oxygens (including phenoxy) is 4. The van der Waals surface area contributed by atoms with Gasteiger partial charge in [0.2, 0.25) is 0 Å². The molecule has 2 aromatic rings. The molecule has 2 aliphatic rings. The predicted molar refractivity (Wildman–Crippen MR) is 129 cm³/mol. The first-order chi connectivity index (χ1) is 15.6. The number of hydrogen-bond acceptors (Lipinski definition) is 6. The van der Waals surface area contributed by atoms with Gasteiger partial charge in [-0.05, 0) is 15.4 Å². The van der Waals surface area contributed by atoms with Crippen LogP contribution in [-0.2, 0) is 23.4 Å². The van der Waals surface area contributed by atoms with E-state index < -0.39 is 38.2 Å². The number of hydrogen-bond donors (Lipinski definition) is 1. The molecule has 0 radical (unpaired) electrons. The fourth-order valence-electron chi connectivity index (χ4n) is 5.21. The van der Waals surface area contributed by atoms with E-state index in [4.69, 9.17) is 23.4 Å². The van der Waals surface area contributed by atoms with Crippen molar-refractivity contribution in [3.8, 4) is 0 Å². The maximum Gasteiger partial charge on any atom is 0.314 e. The van der Waals surface area contributed by atoms with Gasteiger partial charge < -0.3 is 23.7 Å². The molecule has 6 nitrogen and oxygen atoms in total. The fraction of sp³-hybridized carbons (Fsp3) is 0.500. The third kappa shape index (κ3) is 4.16. The second kappa shape index (κ2) is 8.81. The smallest absolute Gasteiger partial charge is 0.314 e. The Balaban J connectivity index is 1.75. The van der Waals surface area contributed by atoms with Crippen molar-refractivity contribution in [3.63, 3.8) is 0 Å². The van der Waals surface area contributed by atoms with Crippen molar-refractivity contribution in [1.82, 2.24) is 0 Å². The first kappa shape index (κ1) is 24.4. The van der Waals surface area contributed by atoms with Crippen LogP contribution in [0, 0.1) is 6.92 Å². The monoisotopic (exact) mass is 471 g/mol. The molecule has 0 aliphatic carbocycles. The van der Waals surface area contributed by atoms with Crippen LogP contribution in [0.15, 0.2) is 60.7 Å². The maximum atomic E-state index is 10.5. The zero-order valence-electron chi connectivity index (χ0n) is 20.1. The summed E-state index contributed by atoms with van der Waals surface area (Å²) in [5, 5.41) is 12.7. The molecular weight excluding hydrogens is 436 g/mol. The lowest BCUT2D eigenvalue weighted by Crippen LogP contribution is -2.68. The lowest BCUT2D eigenvalue weighted by molar-refractivity contribution is -0.245. The Kier molecular flexibility index (Phi) is 6.52.